The highest BCUT2D eigenvalue weighted by Gasteiger charge is 2.41. The zero-order chi connectivity index (χ0) is 29.8. The fourth-order valence-corrected chi connectivity index (χ4v) is 3.63. The fraction of sp³-hybridized carbons (Fsp3) is 0.333. The molecule has 2 N–H and O–H groups in total. The summed E-state index contributed by atoms with van der Waals surface area (Å²) >= 11 is 5.96. The first-order chi connectivity index (χ1) is 17.8. The molecule has 0 radical (unpaired) electrons. The first-order valence-corrected chi connectivity index (χ1v) is 11.3. The summed E-state index contributed by atoms with van der Waals surface area (Å²) in [5, 5.41) is 3.08. The highest BCUT2D eigenvalue weighted by atomic mass is 35.5. The molecular weight excluding hydrogens is 574 g/mol. The van der Waals surface area contributed by atoms with E-state index in [0.29, 0.717) is 24.1 Å². The maximum Gasteiger partial charge on any atom is 0.417 e. The van der Waals surface area contributed by atoms with E-state index in [1.807, 2.05) is 0 Å². The van der Waals surface area contributed by atoms with Gasteiger partial charge in [0, 0.05) is 10.6 Å². The molecule has 1 atom stereocenters. The standard InChI is InChI=1S/C24H19ClF10N2O2/c1-2-12-3-4-13(8-18(12)25)16(23(30,31)32)9-19(26)14-5-6-15(17(7-14)24(33,34)35)21(39)36-10-20(38)37-11-22(27,28)29/h3-9,16H,2,10-11H2,1H3,(H,36,39)(H,37,38). The van der Waals surface area contributed by atoms with Crippen molar-refractivity contribution in [2.45, 2.75) is 37.8 Å². The van der Waals surface area contributed by atoms with Crippen LogP contribution >= 0.6 is 11.6 Å². The summed E-state index contributed by atoms with van der Waals surface area (Å²) in [7, 11) is 0. The molecule has 0 aromatic heterocycles. The summed E-state index contributed by atoms with van der Waals surface area (Å²) in [6.07, 6.45) is -14.6. The van der Waals surface area contributed by atoms with Crippen molar-refractivity contribution < 1.29 is 53.5 Å². The summed E-state index contributed by atoms with van der Waals surface area (Å²) in [5.74, 6) is -7.16. The van der Waals surface area contributed by atoms with Gasteiger partial charge in [0.05, 0.1) is 17.7 Å². The predicted octanol–water partition coefficient (Wildman–Crippen LogP) is 6.99. The van der Waals surface area contributed by atoms with Crippen LogP contribution in [0.1, 0.15) is 45.5 Å². The highest BCUT2D eigenvalue weighted by molar-refractivity contribution is 6.31. The Morgan fingerprint density at radius 3 is 2.10 bits per heavy atom. The van der Waals surface area contributed by atoms with Crippen molar-refractivity contribution in [1.29, 1.82) is 0 Å². The number of rotatable bonds is 8. The normalized spacial score (nSPS) is 13.7. The van der Waals surface area contributed by atoms with Crippen molar-refractivity contribution >= 4 is 29.2 Å². The van der Waals surface area contributed by atoms with Crippen LogP contribution in [0.25, 0.3) is 5.83 Å². The van der Waals surface area contributed by atoms with Crippen LogP contribution in [0.5, 0.6) is 0 Å². The first kappa shape index (κ1) is 31.9. The number of amides is 2. The van der Waals surface area contributed by atoms with Crippen LogP contribution in [-0.4, -0.2) is 37.3 Å². The number of halogens is 11. The number of carbonyl (C=O) groups excluding carboxylic acids is 2. The van der Waals surface area contributed by atoms with Gasteiger partial charge >= 0.3 is 18.5 Å². The average Bonchev–Trinajstić information content (AvgIpc) is 2.82. The van der Waals surface area contributed by atoms with E-state index in [0.717, 1.165) is 12.1 Å². The molecule has 0 saturated carbocycles. The molecule has 2 aromatic carbocycles. The van der Waals surface area contributed by atoms with E-state index in [9.17, 15) is 53.5 Å². The van der Waals surface area contributed by atoms with Crippen LogP contribution in [0.3, 0.4) is 0 Å². The van der Waals surface area contributed by atoms with Gasteiger partial charge in [-0.05, 0) is 41.8 Å². The van der Waals surface area contributed by atoms with Gasteiger partial charge in [-0.3, -0.25) is 9.59 Å². The van der Waals surface area contributed by atoms with Crippen molar-refractivity contribution in [2.75, 3.05) is 13.1 Å². The lowest BCUT2D eigenvalue weighted by molar-refractivity contribution is -0.140. The second-order valence-electron chi connectivity index (χ2n) is 8.07. The molecule has 0 aliphatic carbocycles. The molecule has 39 heavy (non-hydrogen) atoms. The van der Waals surface area contributed by atoms with Gasteiger partial charge in [0.1, 0.15) is 18.3 Å². The highest BCUT2D eigenvalue weighted by Crippen LogP contribution is 2.40. The predicted molar refractivity (Wildman–Crippen MR) is 122 cm³/mol. The maximum atomic E-state index is 14.9. The molecule has 15 heteroatoms. The third kappa shape index (κ3) is 9.15. The lowest BCUT2D eigenvalue weighted by atomic mass is 9.94. The summed E-state index contributed by atoms with van der Waals surface area (Å²) in [6, 6.07) is 4.52. The second-order valence-corrected chi connectivity index (χ2v) is 8.48. The van der Waals surface area contributed by atoms with Crippen molar-refractivity contribution in [3.63, 3.8) is 0 Å². The van der Waals surface area contributed by atoms with Crippen molar-refractivity contribution in [1.82, 2.24) is 10.6 Å². The average molecular weight is 593 g/mol. The van der Waals surface area contributed by atoms with Gasteiger partial charge in [-0.15, -0.1) is 0 Å². The van der Waals surface area contributed by atoms with Gasteiger partial charge in [-0.2, -0.15) is 39.5 Å². The number of hydrogen-bond acceptors (Lipinski definition) is 2. The van der Waals surface area contributed by atoms with E-state index in [4.69, 9.17) is 11.6 Å². The van der Waals surface area contributed by atoms with Crippen molar-refractivity contribution in [2.24, 2.45) is 0 Å². The summed E-state index contributed by atoms with van der Waals surface area (Å²) in [6.45, 7) is -1.16. The fourth-order valence-electron chi connectivity index (χ4n) is 3.31. The molecule has 0 bridgehead atoms. The van der Waals surface area contributed by atoms with E-state index in [2.05, 4.69) is 0 Å². The molecule has 2 rings (SSSR count). The molecule has 1 unspecified atom stereocenters. The molecule has 2 amide bonds. The van der Waals surface area contributed by atoms with Gasteiger partial charge in [0.25, 0.3) is 5.91 Å². The van der Waals surface area contributed by atoms with Gasteiger partial charge in [-0.25, -0.2) is 4.39 Å². The van der Waals surface area contributed by atoms with Crippen LogP contribution in [0.4, 0.5) is 43.9 Å². The molecule has 0 aliphatic heterocycles. The Hall–Kier alpha value is -3.29. The van der Waals surface area contributed by atoms with E-state index in [1.54, 1.807) is 12.2 Å². The molecule has 0 aliphatic rings. The first-order valence-electron chi connectivity index (χ1n) is 10.9. The molecular formula is C24H19ClF10N2O2. The maximum absolute atomic E-state index is 14.9. The zero-order valence-corrected chi connectivity index (χ0v) is 20.5. The number of nitrogens with one attached hydrogen (secondary N) is 2. The molecule has 0 heterocycles. The van der Waals surface area contributed by atoms with E-state index < -0.39 is 77.4 Å². The minimum atomic E-state index is -5.30. The lowest BCUT2D eigenvalue weighted by Crippen LogP contribution is -2.41. The molecule has 4 nitrogen and oxygen atoms in total. The Bertz CT molecular complexity index is 1240. The quantitative estimate of drug-likeness (QED) is 0.325. The molecule has 214 valence electrons. The zero-order valence-electron chi connectivity index (χ0n) is 19.7. The van der Waals surface area contributed by atoms with E-state index in [1.165, 1.54) is 11.4 Å². The monoisotopic (exact) mass is 592 g/mol. The second kappa shape index (κ2) is 12.3. The summed E-state index contributed by atoms with van der Waals surface area (Å²) in [5.41, 5.74) is -3.78. The minimum Gasteiger partial charge on any atom is -0.345 e. The Morgan fingerprint density at radius 1 is 0.949 bits per heavy atom. The number of benzene rings is 2. The Balaban J connectivity index is 2.38. The molecule has 0 spiro atoms. The third-order valence-corrected chi connectivity index (χ3v) is 5.58. The number of allylic oxidation sites excluding steroid dienone is 1. The van der Waals surface area contributed by atoms with Crippen LogP contribution < -0.4 is 10.6 Å². The number of alkyl halides is 9. The van der Waals surface area contributed by atoms with Gasteiger partial charge < -0.3 is 10.6 Å². The number of carbonyl (C=O) groups is 2. The van der Waals surface area contributed by atoms with Crippen LogP contribution in [0, 0.1) is 0 Å². The molecule has 0 fully saturated rings. The lowest BCUT2D eigenvalue weighted by Gasteiger charge is -2.19. The topological polar surface area (TPSA) is 58.2 Å². The smallest absolute Gasteiger partial charge is 0.345 e. The van der Waals surface area contributed by atoms with Crippen molar-refractivity contribution in [3.05, 3.63) is 75.3 Å². The van der Waals surface area contributed by atoms with E-state index in [-0.39, 0.29) is 17.2 Å². The minimum absolute atomic E-state index is 0.0140. The largest absolute Gasteiger partial charge is 0.417 e. The molecule has 2 aromatic rings. The van der Waals surface area contributed by atoms with Crippen LogP contribution in [0.2, 0.25) is 5.02 Å². The van der Waals surface area contributed by atoms with Gasteiger partial charge in [-0.1, -0.05) is 36.7 Å². The Labute approximate surface area is 220 Å². The summed E-state index contributed by atoms with van der Waals surface area (Å²) in [4.78, 5) is 23.6. The van der Waals surface area contributed by atoms with Gasteiger partial charge in [0.2, 0.25) is 5.91 Å². The van der Waals surface area contributed by atoms with Crippen LogP contribution in [-0.2, 0) is 17.4 Å². The van der Waals surface area contributed by atoms with Crippen molar-refractivity contribution in [3.8, 4) is 0 Å². The van der Waals surface area contributed by atoms with Crippen LogP contribution in [0.15, 0.2) is 42.5 Å². The SMILES string of the molecule is CCc1ccc(C(C=C(F)c2ccc(C(=O)NCC(=O)NCC(F)(F)F)c(C(F)(F)F)c2)C(F)(F)F)cc1Cl. The Kier molecular flexibility index (Phi) is 10.0. The van der Waals surface area contributed by atoms with Gasteiger partial charge in [0.15, 0.2) is 0 Å². The number of hydrogen-bond donors (Lipinski definition) is 2. The number of aryl methyl sites for hydroxylation is 1. The Morgan fingerprint density at radius 2 is 1.59 bits per heavy atom. The van der Waals surface area contributed by atoms with E-state index >= 15 is 0 Å². The molecule has 0 saturated heterocycles. The summed E-state index contributed by atoms with van der Waals surface area (Å²) < 4.78 is 133. The third-order valence-electron chi connectivity index (χ3n) is 5.22.